The maximum absolute atomic E-state index is 12.4. The fraction of sp³-hybridized carbons (Fsp3) is 0.409. The zero-order valence-corrected chi connectivity index (χ0v) is 17.5. The molecule has 0 saturated carbocycles. The minimum atomic E-state index is -3.92. The van der Waals surface area contributed by atoms with Gasteiger partial charge in [0, 0.05) is 31.9 Å². The van der Waals surface area contributed by atoms with E-state index in [0.717, 1.165) is 23.9 Å². The summed E-state index contributed by atoms with van der Waals surface area (Å²) >= 11 is 0. The summed E-state index contributed by atoms with van der Waals surface area (Å²) < 4.78 is 27.1. The minimum Gasteiger partial charge on any atom is -0.396 e. The van der Waals surface area contributed by atoms with E-state index in [0.29, 0.717) is 5.56 Å². The first-order chi connectivity index (χ1) is 13.9. The molecule has 0 aliphatic carbocycles. The van der Waals surface area contributed by atoms with Crippen molar-refractivity contribution >= 4 is 32.6 Å². The van der Waals surface area contributed by atoms with E-state index < -0.39 is 10.0 Å². The van der Waals surface area contributed by atoms with Gasteiger partial charge in [-0.15, -0.1) is 0 Å². The SMILES string of the molecule is CC(CO)CNS(=O)(=O)C(C#N)=Cc1ccc2cc(N3CCCCC3)ccc2c1. The summed E-state index contributed by atoms with van der Waals surface area (Å²) in [5.41, 5.74) is 1.86. The third kappa shape index (κ3) is 5.36. The number of rotatable bonds is 7. The van der Waals surface area contributed by atoms with Gasteiger partial charge in [0.05, 0.1) is 0 Å². The number of anilines is 1. The van der Waals surface area contributed by atoms with Crippen LogP contribution in [0.1, 0.15) is 31.7 Å². The van der Waals surface area contributed by atoms with Gasteiger partial charge in [-0.3, -0.25) is 0 Å². The van der Waals surface area contributed by atoms with Crippen LogP contribution in [-0.4, -0.2) is 39.8 Å². The lowest BCUT2D eigenvalue weighted by Gasteiger charge is -2.29. The van der Waals surface area contributed by atoms with Crippen molar-refractivity contribution in [3.63, 3.8) is 0 Å². The van der Waals surface area contributed by atoms with E-state index in [1.165, 1.54) is 31.0 Å². The van der Waals surface area contributed by atoms with Gasteiger partial charge in [0.15, 0.2) is 4.91 Å². The monoisotopic (exact) mass is 413 g/mol. The Kier molecular flexibility index (Phi) is 6.91. The second kappa shape index (κ2) is 9.40. The Morgan fingerprint density at radius 1 is 1.21 bits per heavy atom. The molecule has 6 nitrogen and oxygen atoms in total. The zero-order valence-electron chi connectivity index (χ0n) is 16.6. The van der Waals surface area contributed by atoms with Crippen molar-refractivity contribution in [2.75, 3.05) is 31.1 Å². The van der Waals surface area contributed by atoms with Gasteiger partial charge in [-0.2, -0.15) is 5.26 Å². The molecule has 1 heterocycles. The lowest BCUT2D eigenvalue weighted by molar-refractivity contribution is 0.239. The fourth-order valence-corrected chi connectivity index (χ4v) is 4.48. The van der Waals surface area contributed by atoms with Crippen molar-refractivity contribution in [3.8, 4) is 6.07 Å². The molecule has 1 atom stereocenters. The van der Waals surface area contributed by atoms with Gasteiger partial charge in [-0.1, -0.05) is 25.1 Å². The van der Waals surface area contributed by atoms with Crippen LogP contribution in [0.25, 0.3) is 16.8 Å². The Bertz CT molecular complexity index is 1030. The third-order valence-electron chi connectivity index (χ3n) is 5.20. The molecule has 29 heavy (non-hydrogen) atoms. The van der Waals surface area contributed by atoms with Gasteiger partial charge < -0.3 is 10.0 Å². The third-order valence-corrected chi connectivity index (χ3v) is 6.53. The van der Waals surface area contributed by atoms with E-state index in [-0.39, 0.29) is 24.0 Å². The van der Waals surface area contributed by atoms with Gasteiger partial charge in [-0.05, 0) is 65.8 Å². The Hall–Kier alpha value is -2.40. The summed E-state index contributed by atoms with van der Waals surface area (Å²) in [6, 6.07) is 13.7. The number of fused-ring (bicyclic) bond motifs is 1. The number of hydrogen-bond donors (Lipinski definition) is 2. The first kappa shape index (κ1) is 21.3. The normalized spacial score (nSPS) is 16.6. The summed E-state index contributed by atoms with van der Waals surface area (Å²) in [4.78, 5) is 2.06. The quantitative estimate of drug-likeness (QED) is 0.680. The van der Waals surface area contributed by atoms with Crippen LogP contribution < -0.4 is 9.62 Å². The maximum Gasteiger partial charge on any atom is 0.250 e. The van der Waals surface area contributed by atoms with Gasteiger partial charge in [0.2, 0.25) is 0 Å². The van der Waals surface area contributed by atoms with Crippen LogP contribution in [-0.2, 0) is 10.0 Å². The molecule has 3 rings (SSSR count). The van der Waals surface area contributed by atoms with Crippen molar-refractivity contribution in [3.05, 3.63) is 46.9 Å². The smallest absolute Gasteiger partial charge is 0.250 e. The summed E-state index contributed by atoms with van der Waals surface area (Å²) in [6.07, 6.45) is 5.11. The number of nitrogens with zero attached hydrogens (tertiary/aromatic N) is 2. The Labute approximate surface area is 172 Å². The van der Waals surface area contributed by atoms with Crippen molar-refractivity contribution < 1.29 is 13.5 Å². The summed E-state index contributed by atoms with van der Waals surface area (Å²) in [5, 5.41) is 20.5. The minimum absolute atomic E-state index is 0.0782. The number of sulfonamides is 1. The molecule has 0 spiro atoms. The molecule has 0 radical (unpaired) electrons. The molecule has 0 amide bonds. The zero-order chi connectivity index (χ0) is 20.9. The molecule has 1 aliphatic rings. The number of nitriles is 1. The second-order valence-electron chi connectivity index (χ2n) is 7.60. The molecule has 2 aromatic carbocycles. The van der Waals surface area contributed by atoms with Crippen molar-refractivity contribution in [2.24, 2.45) is 5.92 Å². The van der Waals surface area contributed by atoms with Crippen LogP contribution in [0, 0.1) is 17.2 Å². The van der Waals surface area contributed by atoms with E-state index in [1.807, 2.05) is 24.3 Å². The highest BCUT2D eigenvalue weighted by atomic mass is 32.2. The number of benzene rings is 2. The van der Waals surface area contributed by atoms with Gasteiger partial charge in [-0.25, -0.2) is 13.1 Å². The lowest BCUT2D eigenvalue weighted by Crippen LogP contribution is -2.30. The first-order valence-electron chi connectivity index (χ1n) is 9.94. The van der Waals surface area contributed by atoms with Crippen LogP contribution >= 0.6 is 0 Å². The van der Waals surface area contributed by atoms with E-state index >= 15 is 0 Å². The van der Waals surface area contributed by atoms with Crippen molar-refractivity contribution in [1.82, 2.24) is 4.72 Å². The Balaban J connectivity index is 1.84. The molecule has 154 valence electrons. The molecule has 1 fully saturated rings. The highest BCUT2D eigenvalue weighted by Gasteiger charge is 2.18. The Morgan fingerprint density at radius 2 is 1.90 bits per heavy atom. The van der Waals surface area contributed by atoms with E-state index in [9.17, 15) is 13.7 Å². The molecule has 2 aromatic rings. The highest BCUT2D eigenvalue weighted by Crippen LogP contribution is 2.26. The number of piperidine rings is 1. The van der Waals surface area contributed by atoms with Gasteiger partial charge >= 0.3 is 0 Å². The average Bonchev–Trinajstić information content (AvgIpc) is 2.75. The molecule has 1 saturated heterocycles. The molecule has 1 aliphatic heterocycles. The number of aliphatic hydroxyl groups is 1. The Morgan fingerprint density at radius 3 is 2.59 bits per heavy atom. The molecule has 7 heteroatoms. The molecule has 2 N–H and O–H groups in total. The van der Waals surface area contributed by atoms with E-state index in [4.69, 9.17) is 5.11 Å². The van der Waals surface area contributed by atoms with Crippen LogP contribution in [0.15, 0.2) is 41.3 Å². The number of allylic oxidation sites excluding steroid dienone is 1. The molecule has 1 unspecified atom stereocenters. The van der Waals surface area contributed by atoms with Crippen LogP contribution in [0.2, 0.25) is 0 Å². The van der Waals surface area contributed by atoms with Crippen molar-refractivity contribution in [1.29, 1.82) is 5.26 Å². The topological polar surface area (TPSA) is 93.4 Å². The first-order valence-corrected chi connectivity index (χ1v) is 11.4. The van der Waals surface area contributed by atoms with Crippen LogP contribution in [0.5, 0.6) is 0 Å². The predicted octanol–water partition coefficient (Wildman–Crippen LogP) is 3.24. The van der Waals surface area contributed by atoms with Gasteiger partial charge in [0.25, 0.3) is 10.0 Å². The number of hydrogen-bond acceptors (Lipinski definition) is 5. The van der Waals surface area contributed by atoms with Crippen molar-refractivity contribution in [2.45, 2.75) is 26.2 Å². The number of aliphatic hydroxyl groups excluding tert-OH is 1. The fourth-order valence-electron chi connectivity index (χ4n) is 3.41. The molecule has 0 bridgehead atoms. The molecular weight excluding hydrogens is 386 g/mol. The average molecular weight is 414 g/mol. The molecular formula is C22H27N3O3S. The largest absolute Gasteiger partial charge is 0.396 e. The summed E-state index contributed by atoms with van der Waals surface area (Å²) in [6.45, 7) is 3.84. The number of nitrogens with one attached hydrogen (secondary N) is 1. The predicted molar refractivity (Wildman–Crippen MR) is 117 cm³/mol. The van der Waals surface area contributed by atoms with Crippen LogP contribution in [0.4, 0.5) is 5.69 Å². The standard InChI is InChI=1S/C22H27N3O3S/c1-17(16-26)15-24-29(27,28)22(14-23)12-18-5-6-20-13-21(8-7-19(20)11-18)25-9-3-2-4-10-25/h5-8,11-13,17,24,26H,2-4,9-10,15-16H2,1H3. The maximum atomic E-state index is 12.4. The van der Waals surface area contributed by atoms with E-state index in [1.54, 1.807) is 13.0 Å². The highest BCUT2D eigenvalue weighted by molar-refractivity contribution is 7.93. The molecule has 0 aromatic heterocycles. The van der Waals surface area contributed by atoms with Gasteiger partial charge in [0.1, 0.15) is 6.07 Å². The lowest BCUT2D eigenvalue weighted by atomic mass is 10.0. The summed E-state index contributed by atoms with van der Waals surface area (Å²) in [7, 11) is -3.92. The van der Waals surface area contributed by atoms with Crippen LogP contribution in [0.3, 0.4) is 0 Å². The summed E-state index contributed by atoms with van der Waals surface area (Å²) in [5.74, 6) is -0.223. The van der Waals surface area contributed by atoms with E-state index in [2.05, 4.69) is 21.8 Å². The second-order valence-corrected chi connectivity index (χ2v) is 9.33.